The second kappa shape index (κ2) is 8.98. The van der Waals surface area contributed by atoms with Crippen molar-refractivity contribution in [2.24, 2.45) is 7.05 Å². The van der Waals surface area contributed by atoms with Crippen molar-refractivity contribution in [1.82, 2.24) is 24.8 Å². The van der Waals surface area contributed by atoms with Crippen LogP contribution in [0.5, 0.6) is 5.75 Å². The van der Waals surface area contributed by atoms with E-state index in [1.165, 1.54) is 6.20 Å². The molecule has 1 atom stereocenters. The molecule has 0 spiro atoms. The summed E-state index contributed by atoms with van der Waals surface area (Å²) in [5, 5.41) is 2.88. The van der Waals surface area contributed by atoms with Gasteiger partial charge < -0.3 is 19.6 Å². The number of aromatic nitrogens is 4. The Bertz CT molecular complexity index is 981. The van der Waals surface area contributed by atoms with Crippen molar-refractivity contribution in [2.75, 3.05) is 0 Å². The van der Waals surface area contributed by atoms with Gasteiger partial charge in [-0.3, -0.25) is 9.59 Å². The number of hydrogen-bond acceptors (Lipinski definition) is 5. The summed E-state index contributed by atoms with van der Waals surface area (Å²) in [5.41, 5.74) is -0.548. The van der Waals surface area contributed by atoms with Gasteiger partial charge in [-0.1, -0.05) is 31.5 Å². The van der Waals surface area contributed by atoms with Gasteiger partial charge in [-0.25, -0.2) is 9.97 Å². The summed E-state index contributed by atoms with van der Waals surface area (Å²) in [4.78, 5) is 36.0. The molecule has 0 aliphatic carbocycles. The van der Waals surface area contributed by atoms with E-state index < -0.39 is 11.5 Å². The molecule has 0 unspecified atom stereocenters. The third-order valence-electron chi connectivity index (χ3n) is 4.27. The molecule has 2 N–H and O–H groups in total. The van der Waals surface area contributed by atoms with Crippen molar-refractivity contribution in [1.29, 1.82) is 0 Å². The highest BCUT2D eigenvalue weighted by atomic mass is 16.5. The molecule has 0 aliphatic rings. The number of amides is 1. The zero-order chi connectivity index (χ0) is 19.9. The first kappa shape index (κ1) is 19.3. The Kier molecular flexibility index (Phi) is 6.21. The van der Waals surface area contributed by atoms with Crippen molar-refractivity contribution >= 4 is 5.91 Å². The normalized spacial score (nSPS) is 11.8. The van der Waals surface area contributed by atoms with Gasteiger partial charge in [-0.05, 0) is 18.6 Å². The van der Waals surface area contributed by atoms with Crippen LogP contribution in [0.4, 0.5) is 0 Å². The van der Waals surface area contributed by atoms with Gasteiger partial charge in [0.25, 0.3) is 11.5 Å². The van der Waals surface area contributed by atoms with Gasteiger partial charge >= 0.3 is 0 Å². The van der Waals surface area contributed by atoms with Crippen LogP contribution >= 0.6 is 0 Å². The Hall–Kier alpha value is -3.42. The number of ether oxygens (including phenoxy) is 1. The lowest BCUT2D eigenvalue weighted by atomic mass is 10.1. The number of aromatic amines is 1. The lowest BCUT2D eigenvalue weighted by Crippen LogP contribution is -2.34. The summed E-state index contributed by atoms with van der Waals surface area (Å²) >= 11 is 0. The minimum absolute atomic E-state index is 0.0428. The first-order chi connectivity index (χ1) is 13.6. The summed E-state index contributed by atoms with van der Waals surface area (Å²) in [7, 11) is 1.87. The molecule has 0 radical (unpaired) electrons. The fourth-order valence-electron chi connectivity index (χ4n) is 2.84. The summed E-state index contributed by atoms with van der Waals surface area (Å²) in [6.07, 6.45) is 6.35. The van der Waals surface area contributed by atoms with Gasteiger partial charge in [-0.2, -0.15) is 0 Å². The molecule has 1 aromatic carbocycles. The van der Waals surface area contributed by atoms with Gasteiger partial charge in [0.05, 0.1) is 6.04 Å². The van der Waals surface area contributed by atoms with Crippen LogP contribution in [-0.2, 0) is 13.7 Å². The quantitative estimate of drug-likeness (QED) is 0.624. The number of benzene rings is 1. The van der Waals surface area contributed by atoms with Crippen LogP contribution in [0.25, 0.3) is 0 Å². The topological polar surface area (TPSA) is 102 Å². The van der Waals surface area contributed by atoms with E-state index in [1.54, 1.807) is 6.20 Å². The fraction of sp³-hybridized carbons (Fsp3) is 0.300. The number of nitrogens with one attached hydrogen (secondary N) is 2. The maximum Gasteiger partial charge on any atom is 0.263 e. The Labute approximate surface area is 162 Å². The van der Waals surface area contributed by atoms with Gasteiger partial charge in [0.2, 0.25) is 0 Å². The van der Waals surface area contributed by atoms with E-state index in [0.29, 0.717) is 18.0 Å². The average Bonchev–Trinajstić information content (AvgIpc) is 3.12. The van der Waals surface area contributed by atoms with Crippen LogP contribution in [0.15, 0.2) is 53.7 Å². The number of imidazole rings is 1. The second-order valence-corrected chi connectivity index (χ2v) is 6.39. The van der Waals surface area contributed by atoms with E-state index in [-0.39, 0.29) is 18.2 Å². The highest BCUT2D eigenvalue weighted by Crippen LogP contribution is 2.16. The van der Waals surface area contributed by atoms with E-state index in [1.807, 2.05) is 55.1 Å². The molecule has 0 saturated heterocycles. The number of nitrogens with zero attached hydrogens (tertiary/aromatic N) is 3. The number of hydrogen-bond donors (Lipinski definition) is 2. The minimum atomic E-state index is -0.505. The van der Waals surface area contributed by atoms with Crippen LogP contribution in [0, 0.1) is 0 Å². The van der Waals surface area contributed by atoms with Gasteiger partial charge in [-0.15, -0.1) is 0 Å². The largest absolute Gasteiger partial charge is 0.486 e. The van der Waals surface area contributed by atoms with Gasteiger partial charge in [0.15, 0.2) is 0 Å². The summed E-state index contributed by atoms with van der Waals surface area (Å²) in [6, 6.07) is 8.94. The van der Waals surface area contributed by atoms with Crippen molar-refractivity contribution < 1.29 is 9.53 Å². The lowest BCUT2D eigenvalue weighted by molar-refractivity contribution is 0.0930. The molecular weight excluding hydrogens is 358 g/mol. The zero-order valence-corrected chi connectivity index (χ0v) is 15.9. The summed E-state index contributed by atoms with van der Waals surface area (Å²) in [5.74, 6) is 1.28. The first-order valence-corrected chi connectivity index (χ1v) is 9.12. The summed E-state index contributed by atoms with van der Waals surface area (Å²) in [6.45, 7) is 2.13. The monoisotopic (exact) mass is 381 g/mol. The summed E-state index contributed by atoms with van der Waals surface area (Å²) < 4.78 is 7.42. The molecule has 1 amide bonds. The third kappa shape index (κ3) is 4.64. The molecule has 0 bridgehead atoms. The van der Waals surface area contributed by atoms with E-state index in [2.05, 4.69) is 20.3 Å². The molecule has 2 aromatic heterocycles. The molecule has 2 heterocycles. The number of aryl methyl sites for hydroxylation is 1. The highest BCUT2D eigenvalue weighted by molar-refractivity contribution is 5.93. The zero-order valence-electron chi connectivity index (χ0n) is 15.9. The standard InChI is InChI=1S/C20H23N5O3/c1-3-7-16(18-21-10-11-25(18)2)23-19(26)15-12-22-17(24-20(15)27)13-28-14-8-5-4-6-9-14/h4-6,8-12,16H,3,7,13H2,1-2H3,(H,23,26)(H,22,24,27)/t16-/m0/s1. The Morgan fingerprint density at radius 1 is 1.29 bits per heavy atom. The fourth-order valence-corrected chi connectivity index (χ4v) is 2.84. The lowest BCUT2D eigenvalue weighted by Gasteiger charge is -2.17. The molecule has 0 aliphatic heterocycles. The van der Waals surface area contributed by atoms with Crippen LogP contribution in [0.1, 0.15) is 47.8 Å². The number of carbonyl (C=O) groups is 1. The molecule has 28 heavy (non-hydrogen) atoms. The Balaban J connectivity index is 1.69. The van der Waals surface area contributed by atoms with Gasteiger partial charge in [0, 0.05) is 25.6 Å². The second-order valence-electron chi connectivity index (χ2n) is 6.39. The molecule has 0 saturated carbocycles. The van der Waals surface area contributed by atoms with Crippen molar-refractivity contribution in [3.63, 3.8) is 0 Å². The third-order valence-corrected chi connectivity index (χ3v) is 4.27. The SMILES string of the molecule is CCC[C@H](NC(=O)c1cnc(COc2ccccc2)[nH]c1=O)c1nccn1C. The number of rotatable bonds is 8. The molecule has 8 heteroatoms. The van der Waals surface area contributed by atoms with Crippen molar-refractivity contribution in [3.8, 4) is 5.75 Å². The molecule has 8 nitrogen and oxygen atoms in total. The Morgan fingerprint density at radius 2 is 2.07 bits per heavy atom. The van der Waals surface area contributed by atoms with E-state index in [0.717, 1.165) is 12.2 Å². The number of para-hydroxylation sites is 1. The molecular formula is C20H23N5O3. The van der Waals surface area contributed by atoms with E-state index in [9.17, 15) is 9.59 Å². The van der Waals surface area contributed by atoms with Crippen LogP contribution in [0.3, 0.4) is 0 Å². The van der Waals surface area contributed by atoms with E-state index >= 15 is 0 Å². The number of H-pyrrole nitrogens is 1. The smallest absolute Gasteiger partial charge is 0.263 e. The number of carbonyl (C=O) groups excluding carboxylic acids is 1. The van der Waals surface area contributed by atoms with Crippen LogP contribution in [-0.4, -0.2) is 25.4 Å². The molecule has 146 valence electrons. The van der Waals surface area contributed by atoms with Crippen LogP contribution in [0.2, 0.25) is 0 Å². The maximum atomic E-state index is 12.6. The minimum Gasteiger partial charge on any atom is -0.486 e. The maximum absolute atomic E-state index is 12.6. The predicted octanol–water partition coefficient (Wildman–Crippen LogP) is 2.35. The van der Waals surface area contributed by atoms with Gasteiger partial charge in [0.1, 0.15) is 29.6 Å². The average molecular weight is 381 g/mol. The first-order valence-electron chi connectivity index (χ1n) is 9.12. The highest BCUT2D eigenvalue weighted by Gasteiger charge is 2.20. The van der Waals surface area contributed by atoms with Crippen molar-refractivity contribution in [3.05, 3.63) is 76.5 Å². The molecule has 3 rings (SSSR count). The van der Waals surface area contributed by atoms with E-state index in [4.69, 9.17) is 4.74 Å². The molecule has 0 fully saturated rings. The Morgan fingerprint density at radius 3 is 2.71 bits per heavy atom. The predicted molar refractivity (Wildman–Crippen MR) is 104 cm³/mol. The molecule has 3 aromatic rings. The van der Waals surface area contributed by atoms with Crippen molar-refractivity contribution in [2.45, 2.75) is 32.4 Å². The van der Waals surface area contributed by atoms with Crippen LogP contribution < -0.4 is 15.6 Å².